The lowest BCUT2D eigenvalue weighted by Gasteiger charge is -2.21. The van der Waals surface area contributed by atoms with Crippen molar-refractivity contribution < 1.29 is 80.2 Å². The number of aliphatic hydroxyl groups is 1. The molecular formula is C83H142O17P2. The molecule has 19 heteroatoms. The van der Waals surface area contributed by atoms with E-state index in [0.717, 1.165) is 148 Å². The van der Waals surface area contributed by atoms with E-state index in [-0.39, 0.29) is 25.7 Å². The summed E-state index contributed by atoms with van der Waals surface area (Å²) in [6.07, 6.45) is 81.8. The molecule has 0 aromatic rings. The number of hydrogen-bond donors (Lipinski definition) is 3. The molecule has 0 aliphatic rings. The number of esters is 4. The van der Waals surface area contributed by atoms with E-state index in [1.165, 1.54) is 89.9 Å². The van der Waals surface area contributed by atoms with Gasteiger partial charge in [0.2, 0.25) is 0 Å². The number of allylic oxidation sites excluding steroid dienone is 20. The Bertz CT molecular complexity index is 2410. The Kier molecular flexibility index (Phi) is 71.4. The fourth-order valence-corrected chi connectivity index (χ4v) is 11.9. The summed E-state index contributed by atoms with van der Waals surface area (Å²) in [4.78, 5) is 73.0. The number of rotatable bonds is 74. The van der Waals surface area contributed by atoms with E-state index in [0.29, 0.717) is 32.1 Å². The van der Waals surface area contributed by atoms with Crippen LogP contribution in [0.1, 0.15) is 323 Å². The first-order chi connectivity index (χ1) is 49.7. The summed E-state index contributed by atoms with van der Waals surface area (Å²) in [5.41, 5.74) is 0. The largest absolute Gasteiger partial charge is 0.472 e. The normalized spacial score (nSPS) is 14.5. The maximum Gasteiger partial charge on any atom is 0.472 e. The first kappa shape index (κ1) is 97.5. The molecule has 0 fully saturated rings. The van der Waals surface area contributed by atoms with Gasteiger partial charge in [-0.25, -0.2) is 9.13 Å². The fourth-order valence-electron chi connectivity index (χ4n) is 10.3. The van der Waals surface area contributed by atoms with Crippen LogP contribution in [0.15, 0.2) is 122 Å². The minimum absolute atomic E-state index is 0.0135. The highest BCUT2D eigenvalue weighted by Gasteiger charge is 2.30. The minimum Gasteiger partial charge on any atom is -0.462 e. The molecule has 2 unspecified atom stereocenters. The van der Waals surface area contributed by atoms with Crippen molar-refractivity contribution in [3.63, 3.8) is 0 Å². The predicted molar refractivity (Wildman–Crippen MR) is 418 cm³/mol. The van der Waals surface area contributed by atoms with Gasteiger partial charge >= 0.3 is 39.5 Å². The molecule has 0 saturated heterocycles. The summed E-state index contributed by atoms with van der Waals surface area (Å²) in [6, 6.07) is 0. The Morgan fingerprint density at radius 3 is 0.853 bits per heavy atom. The summed E-state index contributed by atoms with van der Waals surface area (Å²) in [5.74, 6) is -2.29. The van der Waals surface area contributed by atoms with Crippen LogP contribution in [0.2, 0.25) is 0 Å². The molecule has 5 atom stereocenters. The van der Waals surface area contributed by atoms with Crippen LogP contribution in [0.5, 0.6) is 0 Å². The molecule has 3 N–H and O–H groups in total. The van der Waals surface area contributed by atoms with Crippen LogP contribution >= 0.6 is 15.6 Å². The molecule has 0 bridgehead atoms. The van der Waals surface area contributed by atoms with Gasteiger partial charge in [0, 0.05) is 25.7 Å². The molecule has 0 heterocycles. The van der Waals surface area contributed by atoms with E-state index >= 15 is 0 Å². The molecule has 0 spiro atoms. The van der Waals surface area contributed by atoms with E-state index in [2.05, 4.69) is 137 Å². The Morgan fingerprint density at radius 2 is 0.520 bits per heavy atom. The van der Waals surface area contributed by atoms with Gasteiger partial charge < -0.3 is 33.8 Å². The smallest absolute Gasteiger partial charge is 0.462 e. The molecule has 0 aliphatic heterocycles. The predicted octanol–water partition coefficient (Wildman–Crippen LogP) is 23.1. The number of aliphatic hydroxyl groups excluding tert-OH is 1. The zero-order valence-electron chi connectivity index (χ0n) is 64.0. The molecule has 586 valence electrons. The van der Waals surface area contributed by atoms with Crippen LogP contribution in [0.25, 0.3) is 0 Å². The molecule has 0 rings (SSSR count). The van der Waals surface area contributed by atoms with Gasteiger partial charge in [-0.1, -0.05) is 271 Å². The minimum atomic E-state index is -5.00. The topological polar surface area (TPSA) is 237 Å². The van der Waals surface area contributed by atoms with E-state index in [9.17, 15) is 43.2 Å². The van der Waals surface area contributed by atoms with Gasteiger partial charge in [-0.2, -0.15) is 0 Å². The van der Waals surface area contributed by atoms with Crippen LogP contribution in [0.4, 0.5) is 0 Å². The molecule has 0 aliphatic carbocycles. The average Bonchev–Trinajstić information content (AvgIpc) is 0.917. The molecule has 0 aromatic carbocycles. The Balaban J connectivity index is 5.45. The highest BCUT2D eigenvalue weighted by molar-refractivity contribution is 7.47. The molecule has 17 nitrogen and oxygen atoms in total. The number of phosphoric ester groups is 2. The van der Waals surface area contributed by atoms with Crippen molar-refractivity contribution in [1.29, 1.82) is 0 Å². The molecule has 0 amide bonds. The number of carbonyl (C=O) groups is 4. The van der Waals surface area contributed by atoms with Crippen LogP contribution in [0, 0.1) is 0 Å². The quantitative estimate of drug-likeness (QED) is 0.0128. The van der Waals surface area contributed by atoms with Crippen molar-refractivity contribution in [3.8, 4) is 0 Å². The summed E-state index contributed by atoms with van der Waals surface area (Å²) >= 11 is 0. The summed E-state index contributed by atoms with van der Waals surface area (Å²) in [7, 11) is -9.99. The number of ether oxygens (including phenoxy) is 4. The number of carbonyl (C=O) groups excluding carboxylic acids is 4. The molecule has 0 aromatic heterocycles. The van der Waals surface area contributed by atoms with Gasteiger partial charge in [-0.3, -0.25) is 37.3 Å². The number of hydrogen-bond acceptors (Lipinski definition) is 15. The van der Waals surface area contributed by atoms with E-state index in [1.54, 1.807) is 0 Å². The van der Waals surface area contributed by atoms with E-state index in [4.69, 9.17) is 37.0 Å². The monoisotopic (exact) mass is 1470 g/mol. The first-order valence-corrected chi connectivity index (χ1v) is 42.8. The van der Waals surface area contributed by atoms with Crippen LogP contribution in [-0.2, 0) is 65.4 Å². The summed E-state index contributed by atoms with van der Waals surface area (Å²) in [5, 5.41) is 10.6. The number of unbranched alkanes of at least 4 members (excludes halogenated alkanes) is 30. The van der Waals surface area contributed by atoms with E-state index < -0.39 is 97.5 Å². The van der Waals surface area contributed by atoms with Crippen LogP contribution in [0.3, 0.4) is 0 Å². The lowest BCUT2D eigenvalue weighted by Crippen LogP contribution is -2.30. The highest BCUT2D eigenvalue weighted by Crippen LogP contribution is 2.45. The van der Waals surface area contributed by atoms with Gasteiger partial charge in [0.1, 0.15) is 19.3 Å². The average molecular weight is 1470 g/mol. The van der Waals surface area contributed by atoms with Crippen molar-refractivity contribution >= 4 is 39.5 Å². The summed E-state index contributed by atoms with van der Waals surface area (Å²) in [6.45, 7) is 4.68. The Hall–Kier alpha value is -4.54. The van der Waals surface area contributed by atoms with Gasteiger partial charge in [0.05, 0.1) is 26.4 Å². The third-order valence-electron chi connectivity index (χ3n) is 16.4. The third kappa shape index (κ3) is 73.8. The first-order valence-electron chi connectivity index (χ1n) is 39.8. The Labute approximate surface area is 619 Å². The fraction of sp³-hybridized carbons (Fsp3) is 0.711. The maximum absolute atomic E-state index is 13.1. The van der Waals surface area contributed by atoms with Crippen molar-refractivity contribution in [2.75, 3.05) is 39.6 Å². The SMILES string of the molecule is CCCCC/C=C\C/C=C\C/C=C\C/C=C\CCCC(=O)O[C@H](COC(=O)CCCCCCC/C=C\C/C=C\CCCCC)COP(=O)(O)OC[C@H](O)COP(=O)(O)OC[C@@H](COC(=O)CCCCCCC/C=C\C=C/CCCCCC)OC(=O)CCCCCCC/C=C\C=C/CCCCCC. The number of phosphoric acid groups is 2. The van der Waals surface area contributed by atoms with Crippen molar-refractivity contribution in [1.82, 2.24) is 0 Å². The van der Waals surface area contributed by atoms with Gasteiger partial charge in [0.25, 0.3) is 0 Å². The molecule has 0 saturated carbocycles. The van der Waals surface area contributed by atoms with Crippen molar-refractivity contribution in [3.05, 3.63) is 122 Å². The van der Waals surface area contributed by atoms with Crippen LogP contribution in [-0.4, -0.2) is 96.7 Å². The lowest BCUT2D eigenvalue weighted by molar-refractivity contribution is -0.161. The van der Waals surface area contributed by atoms with Crippen molar-refractivity contribution in [2.45, 2.75) is 341 Å². The summed E-state index contributed by atoms with van der Waals surface area (Å²) < 4.78 is 68.5. The third-order valence-corrected chi connectivity index (χ3v) is 18.3. The standard InChI is InChI=1S/C83H142O17P2/c1-5-9-13-17-21-25-29-33-37-38-42-46-50-54-58-62-66-70-83(88)100-79(74-94-81(86)68-64-60-56-52-48-44-40-35-31-27-23-19-15-11-7-3)76-98-102(91,92)96-72-77(84)71-95-101(89,90)97-75-78(99-82(87)69-65-61-57-53-49-45-41-36-32-28-24-20-16-12-8-4)73-93-80(85)67-63-59-55-51-47-43-39-34-30-26-22-18-14-10-6-2/h21,23,25-28,30,32-37,39-42,46,54,58,77-79,84H,5-20,22,24,29,31,38,43-45,47-53,55-57,59-76H2,1-4H3,(H,89,90)(H,91,92)/b25-21-,27-23-,30-26-,32-28-,37-33-,39-34-,40-35-,41-36-,46-42-,58-54-/t77-,78-,79-/m1/s1. The van der Waals surface area contributed by atoms with Gasteiger partial charge in [-0.05, 0) is 148 Å². The molecular weight excluding hydrogens is 1330 g/mol. The van der Waals surface area contributed by atoms with Crippen molar-refractivity contribution in [2.24, 2.45) is 0 Å². The second-order valence-corrected chi connectivity index (χ2v) is 29.3. The van der Waals surface area contributed by atoms with Crippen LogP contribution < -0.4 is 0 Å². The second-order valence-electron chi connectivity index (χ2n) is 26.3. The van der Waals surface area contributed by atoms with Gasteiger partial charge in [-0.15, -0.1) is 0 Å². The zero-order chi connectivity index (χ0) is 74.6. The van der Waals surface area contributed by atoms with Gasteiger partial charge in [0.15, 0.2) is 12.2 Å². The zero-order valence-corrected chi connectivity index (χ0v) is 65.8. The molecule has 102 heavy (non-hydrogen) atoms. The highest BCUT2D eigenvalue weighted by atomic mass is 31.2. The second kappa shape index (κ2) is 74.7. The Morgan fingerprint density at radius 1 is 0.284 bits per heavy atom. The van der Waals surface area contributed by atoms with E-state index in [1.807, 2.05) is 12.2 Å². The maximum atomic E-state index is 13.1. The molecule has 0 radical (unpaired) electrons. The lowest BCUT2D eigenvalue weighted by atomic mass is 10.1.